The molecule has 0 fully saturated rings. The van der Waals surface area contributed by atoms with Crippen molar-refractivity contribution in [3.63, 3.8) is 0 Å². The van der Waals surface area contributed by atoms with Gasteiger partial charge < -0.3 is 15.1 Å². The molecule has 5 heteroatoms. The summed E-state index contributed by atoms with van der Waals surface area (Å²) >= 11 is 0. The molecule has 1 rings (SSSR count). The van der Waals surface area contributed by atoms with E-state index in [0.29, 0.717) is 17.7 Å². The summed E-state index contributed by atoms with van der Waals surface area (Å²) in [5.41, 5.74) is 1.12. The Labute approximate surface area is 112 Å². The monoisotopic (exact) mass is 269 g/mol. The first kappa shape index (κ1) is 15.6. The van der Waals surface area contributed by atoms with Crippen molar-refractivity contribution >= 4 is 5.97 Å². The molecule has 106 valence electrons. The summed E-state index contributed by atoms with van der Waals surface area (Å²) in [5.74, 6) is -1.17. The van der Waals surface area contributed by atoms with Crippen LogP contribution in [0.4, 0.5) is 4.39 Å². The lowest BCUT2D eigenvalue weighted by atomic mass is 10.0. The van der Waals surface area contributed by atoms with Crippen LogP contribution in [0.25, 0.3) is 0 Å². The molecule has 0 spiro atoms. The highest BCUT2D eigenvalue weighted by molar-refractivity contribution is 5.66. The molecule has 2 atom stereocenters. The van der Waals surface area contributed by atoms with Gasteiger partial charge in [-0.25, -0.2) is 4.39 Å². The summed E-state index contributed by atoms with van der Waals surface area (Å²) < 4.78 is 13.2. The van der Waals surface area contributed by atoms with Gasteiger partial charge >= 0.3 is 5.97 Å². The van der Waals surface area contributed by atoms with Gasteiger partial charge in [0.15, 0.2) is 0 Å². The molecule has 0 amide bonds. The molecular formula is C14H20FNO3. The molecule has 2 unspecified atom stereocenters. The first-order valence-electron chi connectivity index (χ1n) is 6.19. The van der Waals surface area contributed by atoms with E-state index in [9.17, 15) is 14.3 Å². The van der Waals surface area contributed by atoms with Gasteiger partial charge in [0.1, 0.15) is 5.82 Å². The molecule has 1 aromatic rings. The van der Waals surface area contributed by atoms with E-state index in [1.165, 1.54) is 6.07 Å². The second-order valence-corrected chi connectivity index (χ2v) is 4.82. The SMILES string of the molecule is Cc1cc(C(O)C(C)N(C)CCC(=O)O)ccc1F. The molecule has 0 radical (unpaired) electrons. The number of likely N-dealkylation sites (N-methyl/N-ethyl adjacent to an activating group) is 1. The number of hydrogen-bond donors (Lipinski definition) is 2. The summed E-state index contributed by atoms with van der Waals surface area (Å²) in [4.78, 5) is 12.3. The van der Waals surface area contributed by atoms with Crippen molar-refractivity contribution in [1.29, 1.82) is 0 Å². The topological polar surface area (TPSA) is 60.8 Å². The predicted molar refractivity (Wildman–Crippen MR) is 70.4 cm³/mol. The van der Waals surface area contributed by atoms with E-state index in [-0.39, 0.29) is 18.3 Å². The highest BCUT2D eigenvalue weighted by Gasteiger charge is 2.21. The van der Waals surface area contributed by atoms with E-state index in [1.54, 1.807) is 31.0 Å². The highest BCUT2D eigenvalue weighted by atomic mass is 19.1. The van der Waals surface area contributed by atoms with Crippen LogP contribution in [-0.2, 0) is 4.79 Å². The van der Waals surface area contributed by atoms with Crippen LogP contribution in [-0.4, -0.2) is 40.7 Å². The number of hydrogen-bond acceptors (Lipinski definition) is 3. The molecule has 0 saturated carbocycles. The first-order chi connectivity index (χ1) is 8.82. The maximum Gasteiger partial charge on any atom is 0.304 e. The smallest absolute Gasteiger partial charge is 0.304 e. The minimum absolute atomic E-state index is 0.0238. The van der Waals surface area contributed by atoms with Crippen LogP contribution in [0, 0.1) is 12.7 Å². The Morgan fingerprint density at radius 2 is 2.11 bits per heavy atom. The van der Waals surface area contributed by atoms with Crippen molar-refractivity contribution in [1.82, 2.24) is 4.90 Å². The number of halogens is 1. The third kappa shape index (κ3) is 4.29. The molecule has 4 nitrogen and oxygen atoms in total. The van der Waals surface area contributed by atoms with E-state index in [2.05, 4.69) is 0 Å². The zero-order chi connectivity index (χ0) is 14.6. The van der Waals surface area contributed by atoms with Gasteiger partial charge in [0, 0.05) is 12.6 Å². The summed E-state index contributed by atoms with van der Waals surface area (Å²) in [5, 5.41) is 18.9. The van der Waals surface area contributed by atoms with Crippen LogP contribution in [0.15, 0.2) is 18.2 Å². The van der Waals surface area contributed by atoms with Crippen molar-refractivity contribution in [2.24, 2.45) is 0 Å². The number of benzene rings is 1. The van der Waals surface area contributed by atoms with E-state index in [4.69, 9.17) is 5.11 Å². The minimum atomic E-state index is -0.869. The average molecular weight is 269 g/mol. The van der Waals surface area contributed by atoms with Crippen molar-refractivity contribution in [3.8, 4) is 0 Å². The number of aliphatic carboxylic acids is 1. The average Bonchev–Trinajstić information content (AvgIpc) is 2.37. The molecule has 0 aliphatic carbocycles. The second-order valence-electron chi connectivity index (χ2n) is 4.82. The molecule has 0 aliphatic rings. The van der Waals surface area contributed by atoms with Gasteiger partial charge in [-0.2, -0.15) is 0 Å². The number of aliphatic hydroxyl groups is 1. The number of rotatable bonds is 6. The zero-order valence-corrected chi connectivity index (χ0v) is 11.4. The Hall–Kier alpha value is -1.46. The molecular weight excluding hydrogens is 249 g/mol. The van der Waals surface area contributed by atoms with Gasteiger partial charge in [0.2, 0.25) is 0 Å². The summed E-state index contributed by atoms with van der Waals surface area (Å²) in [6.45, 7) is 3.81. The lowest BCUT2D eigenvalue weighted by Crippen LogP contribution is -2.35. The van der Waals surface area contributed by atoms with Crippen LogP contribution < -0.4 is 0 Å². The van der Waals surface area contributed by atoms with Crippen molar-refractivity contribution in [3.05, 3.63) is 35.1 Å². The number of carbonyl (C=O) groups is 1. The molecule has 19 heavy (non-hydrogen) atoms. The van der Waals surface area contributed by atoms with Crippen molar-refractivity contribution < 1.29 is 19.4 Å². The van der Waals surface area contributed by atoms with Crippen LogP contribution in [0.5, 0.6) is 0 Å². The minimum Gasteiger partial charge on any atom is -0.481 e. The second kappa shape index (κ2) is 6.63. The summed E-state index contributed by atoms with van der Waals surface area (Å²) in [7, 11) is 1.76. The fraction of sp³-hybridized carbons (Fsp3) is 0.500. The highest BCUT2D eigenvalue weighted by Crippen LogP contribution is 2.22. The van der Waals surface area contributed by atoms with Crippen molar-refractivity contribution in [2.45, 2.75) is 32.4 Å². The molecule has 0 bridgehead atoms. The third-order valence-corrected chi connectivity index (χ3v) is 3.35. The van der Waals surface area contributed by atoms with E-state index >= 15 is 0 Å². The summed E-state index contributed by atoms with van der Waals surface area (Å²) in [6.07, 6.45) is -0.756. The normalized spacial score (nSPS) is 14.4. The Bertz CT molecular complexity index is 450. The predicted octanol–water partition coefficient (Wildman–Crippen LogP) is 1.96. The van der Waals surface area contributed by atoms with Gasteiger partial charge in [-0.05, 0) is 38.1 Å². The number of carboxylic acids is 1. The third-order valence-electron chi connectivity index (χ3n) is 3.35. The van der Waals surface area contributed by atoms with Gasteiger partial charge in [-0.1, -0.05) is 12.1 Å². The fourth-order valence-corrected chi connectivity index (χ4v) is 1.85. The lowest BCUT2D eigenvalue weighted by Gasteiger charge is -2.28. The van der Waals surface area contributed by atoms with Crippen LogP contribution >= 0.6 is 0 Å². The molecule has 2 N–H and O–H groups in total. The van der Waals surface area contributed by atoms with E-state index in [0.717, 1.165) is 0 Å². The number of aryl methyl sites for hydroxylation is 1. The van der Waals surface area contributed by atoms with Crippen molar-refractivity contribution in [2.75, 3.05) is 13.6 Å². The van der Waals surface area contributed by atoms with Gasteiger partial charge in [0.25, 0.3) is 0 Å². The van der Waals surface area contributed by atoms with Crippen LogP contribution in [0.1, 0.15) is 30.6 Å². The quantitative estimate of drug-likeness (QED) is 0.829. The lowest BCUT2D eigenvalue weighted by molar-refractivity contribution is -0.137. The van der Waals surface area contributed by atoms with Gasteiger partial charge in [0.05, 0.1) is 12.5 Å². The fourth-order valence-electron chi connectivity index (χ4n) is 1.85. The maximum absolute atomic E-state index is 13.2. The van der Waals surface area contributed by atoms with E-state index in [1.807, 2.05) is 6.92 Å². The molecule has 0 aliphatic heterocycles. The Balaban J connectivity index is 2.72. The first-order valence-corrected chi connectivity index (χ1v) is 6.19. The van der Waals surface area contributed by atoms with Gasteiger partial charge in [-0.3, -0.25) is 4.79 Å². The molecule has 0 saturated heterocycles. The standard InChI is InChI=1S/C14H20FNO3/c1-9-8-11(4-5-12(9)15)14(19)10(2)16(3)7-6-13(17)18/h4-5,8,10,14,19H,6-7H2,1-3H3,(H,17,18). The molecule has 0 heterocycles. The zero-order valence-electron chi connectivity index (χ0n) is 11.4. The number of carboxylic acid groups (broad SMARTS) is 1. The van der Waals surface area contributed by atoms with Crippen LogP contribution in [0.2, 0.25) is 0 Å². The Morgan fingerprint density at radius 3 is 2.63 bits per heavy atom. The maximum atomic E-state index is 13.2. The summed E-state index contributed by atoms with van der Waals surface area (Å²) in [6, 6.07) is 4.25. The number of aliphatic hydroxyl groups excluding tert-OH is 1. The number of nitrogens with zero attached hydrogens (tertiary/aromatic N) is 1. The molecule has 0 aromatic heterocycles. The Morgan fingerprint density at radius 1 is 1.47 bits per heavy atom. The Kier molecular flexibility index (Phi) is 5.44. The largest absolute Gasteiger partial charge is 0.481 e. The van der Waals surface area contributed by atoms with Crippen LogP contribution in [0.3, 0.4) is 0 Å². The molecule has 1 aromatic carbocycles. The van der Waals surface area contributed by atoms with E-state index < -0.39 is 12.1 Å². The van der Waals surface area contributed by atoms with Gasteiger partial charge in [-0.15, -0.1) is 0 Å².